The lowest BCUT2D eigenvalue weighted by atomic mass is 9.79. The third-order valence-corrected chi connectivity index (χ3v) is 7.83. The van der Waals surface area contributed by atoms with Crippen molar-refractivity contribution in [1.82, 2.24) is 9.62 Å². The van der Waals surface area contributed by atoms with Crippen LogP contribution in [0.3, 0.4) is 0 Å². The van der Waals surface area contributed by atoms with Crippen molar-refractivity contribution in [3.8, 4) is 0 Å². The molecule has 1 aromatic rings. The fraction of sp³-hybridized carbons (Fsp3) is 0.650. The van der Waals surface area contributed by atoms with Crippen molar-refractivity contribution in [2.24, 2.45) is 5.92 Å². The van der Waals surface area contributed by atoms with Crippen LogP contribution in [-0.4, -0.2) is 50.5 Å². The standard InChI is InChI=1S/C20H29FN2O4S/c1-15-3-4-18(13-19(15)21)28(25,26)23-10-7-20(8-11-23)14-17(6-12-27-20)5-9-22-16(2)24/h3-4,13,17H,5-12,14H2,1-2H3,(H,22,24). The fourth-order valence-corrected chi connectivity index (χ4v) is 5.65. The Kier molecular flexibility index (Phi) is 6.41. The molecule has 3 rings (SSSR count). The van der Waals surface area contributed by atoms with Gasteiger partial charge >= 0.3 is 0 Å². The van der Waals surface area contributed by atoms with Crippen molar-refractivity contribution in [3.05, 3.63) is 29.6 Å². The molecule has 8 heteroatoms. The monoisotopic (exact) mass is 412 g/mol. The zero-order valence-corrected chi connectivity index (χ0v) is 17.4. The van der Waals surface area contributed by atoms with Crippen LogP contribution in [0, 0.1) is 18.7 Å². The molecule has 0 aliphatic carbocycles. The summed E-state index contributed by atoms with van der Waals surface area (Å²) in [5.41, 5.74) is 0.140. The first-order chi connectivity index (χ1) is 13.2. The largest absolute Gasteiger partial charge is 0.375 e. The average Bonchev–Trinajstić information content (AvgIpc) is 2.64. The molecule has 1 atom stereocenters. The van der Waals surface area contributed by atoms with Gasteiger partial charge in [-0.2, -0.15) is 4.31 Å². The maximum atomic E-state index is 13.8. The molecule has 1 N–H and O–H groups in total. The van der Waals surface area contributed by atoms with Crippen molar-refractivity contribution in [2.75, 3.05) is 26.2 Å². The summed E-state index contributed by atoms with van der Waals surface area (Å²) in [5, 5.41) is 2.84. The summed E-state index contributed by atoms with van der Waals surface area (Å²) in [4.78, 5) is 11.0. The van der Waals surface area contributed by atoms with E-state index in [1.54, 1.807) is 6.92 Å². The highest BCUT2D eigenvalue weighted by atomic mass is 32.2. The maximum absolute atomic E-state index is 13.8. The number of ether oxygens (including phenoxy) is 1. The smallest absolute Gasteiger partial charge is 0.243 e. The fourth-order valence-electron chi connectivity index (χ4n) is 4.19. The minimum Gasteiger partial charge on any atom is -0.375 e. The van der Waals surface area contributed by atoms with Gasteiger partial charge in [-0.3, -0.25) is 4.79 Å². The molecular formula is C20H29FN2O4S. The second-order valence-electron chi connectivity index (χ2n) is 7.98. The van der Waals surface area contributed by atoms with E-state index in [0.717, 1.165) is 25.3 Å². The van der Waals surface area contributed by atoms with E-state index in [1.807, 2.05) is 0 Å². The molecule has 0 saturated carbocycles. The van der Waals surface area contributed by atoms with Gasteiger partial charge in [0.1, 0.15) is 5.82 Å². The summed E-state index contributed by atoms with van der Waals surface area (Å²) in [6, 6.07) is 4.06. The number of carbonyl (C=O) groups is 1. The van der Waals surface area contributed by atoms with Crippen molar-refractivity contribution >= 4 is 15.9 Å². The molecule has 2 aliphatic rings. The van der Waals surface area contributed by atoms with Gasteiger partial charge in [-0.15, -0.1) is 0 Å². The number of sulfonamides is 1. The topological polar surface area (TPSA) is 75.7 Å². The third-order valence-electron chi connectivity index (χ3n) is 5.94. The van der Waals surface area contributed by atoms with Crippen molar-refractivity contribution in [2.45, 2.75) is 56.4 Å². The lowest BCUT2D eigenvalue weighted by molar-refractivity contribution is -0.122. The SMILES string of the molecule is CC(=O)NCCC1CCOC2(CCN(S(=O)(=O)c3ccc(C)c(F)c3)CC2)C1. The maximum Gasteiger partial charge on any atom is 0.243 e. The van der Waals surface area contributed by atoms with Crippen LogP contribution in [-0.2, 0) is 19.6 Å². The molecule has 28 heavy (non-hydrogen) atoms. The van der Waals surface area contributed by atoms with Gasteiger partial charge < -0.3 is 10.1 Å². The molecule has 2 aliphatic heterocycles. The number of halogens is 1. The third kappa shape index (κ3) is 4.72. The zero-order valence-electron chi connectivity index (χ0n) is 16.5. The lowest BCUT2D eigenvalue weighted by Gasteiger charge is -2.46. The Morgan fingerprint density at radius 3 is 2.71 bits per heavy atom. The highest BCUT2D eigenvalue weighted by molar-refractivity contribution is 7.89. The zero-order chi connectivity index (χ0) is 20.4. The number of hydrogen-bond acceptors (Lipinski definition) is 4. The summed E-state index contributed by atoms with van der Waals surface area (Å²) in [7, 11) is -3.70. The van der Waals surface area contributed by atoms with Crippen molar-refractivity contribution < 1.29 is 22.3 Å². The van der Waals surface area contributed by atoms with Gasteiger partial charge in [0.05, 0.1) is 10.5 Å². The first kappa shape index (κ1) is 21.2. The van der Waals surface area contributed by atoms with Gasteiger partial charge in [0, 0.05) is 33.2 Å². The van der Waals surface area contributed by atoms with Crippen LogP contribution in [0.4, 0.5) is 4.39 Å². The number of amides is 1. The molecule has 156 valence electrons. The number of benzene rings is 1. The van der Waals surface area contributed by atoms with Crippen LogP contribution in [0.5, 0.6) is 0 Å². The Morgan fingerprint density at radius 1 is 1.36 bits per heavy atom. The predicted octanol–water partition coefficient (Wildman–Crippen LogP) is 2.61. The van der Waals surface area contributed by atoms with Gasteiger partial charge in [-0.05, 0) is 62.6 Å². The van der Waals surface area contributed by atoms with E-state index in [0.29, 0.717) is 50.6 Å². The Hall–Kier alpha value is -1.51. The quantitative estimate of drug-likeness (QED) is 0.807. The van der Waals surface area contributed by atoms with Gasteiger partial charge in [-0.1, -0.05) is 6.07 Å². The van der Waals surface area contributed by atoms with Crippen molar-refractivity contribution in [3.63, 3.8) is 0 Å². The minimum atomic E-state index is -3.70. The predicted molar refractivity (Wildman–Crippen MR) is 104 cm³/mol. The summed E-state index contributed by atoms with van der Waals surface area (Å²) < 4.78 is 47.1. The van der Waals surface area contributed by atoms with E-state index < -0.39 is 15.8 Å². The summed E-state index contributed by atoms with van der Waals surface area (Å²) in [5.74, 6) is -0.0602. The minimum absolute atomic E-state index is 0.00398. The van der Waals surface area contributed by atoms with Crippen LogP contribution >= 0.6 is 0 Å². The van der Waals surface area contributed by atoms with E-state index in [9.17, 15) is 17.6 Å². The van der Waals surface area contributed by atoms with E-state index in [2.05, 4.69) is 5.32 Å². The molecule has 0 aromatic heterocycles. The molecule has 6 nitrogen and oxygen atoms in total. The van der Waals surface area contributed by atoms with Crippen molar-refractivity contribution in [1.29, 1.82) is 0 Å². The number of carbonyl (C=O) groups excluding carboxylic acids is 1. The highest BCUT2D eigenvalue weighted by Gasteiger charge is 2.42. The number of nitrogens with one attached hydrogen (secondary N) is 1. The van der Waals surface area contributed by atoms with Crippen LogP contribution in [0.1, 0.15) is 44.6 Å². The van der Waals surface area contributed by atoms with Crippen LogP contribution in [0.25, 0.3) is 0 Å². The van der Waals surface area contributed by atoms with Crippen LogP contribution in [0.15, 0.2) is 23.1 Å². The molecule has 2 saturated heterocycles. The van der Waals surface area contributed by atoms with Crippen LogP contribution < -0.4 is 5.32 Å². The Morgan fingerprint density at radius 2 is 2.07 bits per heavy atom. The molecule has 2 fully saturated rings. The van der Waals surface area contributed by atoms with E-state index in [-0.39, 0.29) is 16.4 Å². The number of aryl methyl sites for hydroxylation is 1. The molecular weight excluding hydrogens is 383 g/mol. The molecule has 2 heterocycles. The van der Waals surface area contributed by atoms with Gasteiger partial charge in [0.25, 0.3) is 0 Å². The second kappa shape index (κ2) is 8.47. The molecule has 1 aromatic carbocycles. The number of hydrogen-bond donors (Lipinski definition) is 1. The van der Waals surface area contributed by atoms with Gasteiger partial charge in [0.15, 0.2) is 0 Å². The molecule has 0 bridgehead atoms. The van der Waals surface area contributed by atoms with Gasteiger partial charge in [-0.25, -0.2) is 12.8 Å². The molecule has 1 unspecified atom stereocenters. The summed E-state index contributed by atoms with van der Waals surface area (Å²) in [6.45, 7) is 5.20. The summed E-state index contributed by atoms with van der Waals surface area (Å²) >= 11 is 0. The molecule has 1 amide bonds. The molecule has 1 spiro atoms. The number of rotatable bonds is 5. The first-order valence-corrected chi connectivity index (χ1v) is 11.3. The van der Waals surface area contributed by atoms with Crippen LogP contribution in [0.2, 0.25) is 0 Å². The lowest BCUT2D eigenvalue weighted by Crippen LogP contribution is -2.50. The molecule has 0 radical (unpaired) electrons. The van der Waals surface area contributed by atoms with Gasteiger partial charge in [0.2, 0.25) is 15.9 Å². The van der Waals surface area contributed by atoms with E-state index >= 15 is 0 Å². The van der Waals surface area contributed by atoms with E-state index in [4.69, 9.17) is 4.74 Å². The number of piperidine rings is 1. The highest BCUT2D eigenvalue weighted by Crippen LogP contribution is 2.39. The first-order valence-electron chi connectivity index (χ1n) is 9.87. The van der Waals surface area contributed by atoms with E-state index in [1.165, 1.54) is 23.4 Å². The summed E-state index contributed by atoms with van der Waals surface area (Å²) in [6.07, 6.45) is 4.04. The Labute approximate surface area is 166 Å². The normalized spacial score (nSPS) is 22.9. The Bertz CT molecular complexity index is 819. The average molecular weight is 413 g/mol. The second-order valence-corrected chi connectivity index (χ2v) is 9.91. The number of nitrogens with zero attached hydrogens (tertiary/aromatic N) is 1. The Balaban J connectivity index is 1.61.